The van der Waals surface area contributed by atoms with Gasteiger partial charge in [0.25, 0.3) is 0 Å². The maximum atomic E-state index is 12.0. The molecule has 2 heterocycles. The number of benzene rings is 2. The van der Waals surface area contributed by atoms with Crippen molar-refractivity contribution in [3.05, 3.63) is 65.1 Å². The fraction of sp³-hybridized carbons (Fsp3) is 0. The summed E-state index contributed by atoms with van der Waals surface area (Å²) in [5.41, 5.74) is 1.28. The molecule has 0 aliphatic rings. The summed E-state index contributed by atoms with van der Waals surface area (Å²) in [6, 6.07) is 15.8. The lowest BCUT2D eigenvalue weighted by atomic mass is 10.2. The highest BCUT2D eigenvalue weighted by Gasteiger charge is 2.12. The molecule has 0 atom stereocenters. The third-order valence-electron chi connectivity index (χ3n) is 3.19. The lowest BCUT2D eigenvalue weighted by Crippen LogP contribution is -2.13. The number of nitrogens with one attached hydrogen (secondary N) is 1. The first kappa shape index (κ1) is 13.9. The van der Waals surface area contributed by atoms with E-state index in [0.717, 1.165) is 10.2 Å². The van der Waals surface area contributed by atoms with E-state index in [4.69, 9.17) is 9.15 Å². The van der Waals surface area contributed by atoms with E-state index in [1.54, 1.807) is 48.5 Å². The first-order chi connectivity index (χ1) is 11.8. The Labute approximate surface area is 134 Å². The summed E-state index contributed by atoms with van der Waals surface area (Å²) in [5.74, 6) is 0.341. The second-order valence-electron chi connectivity index (χ2n) is 4.74. The van der Waals surface area contributed by atoms with Gasteiger partial charge >= 0.3 is 11.8 Å². The van der Waals surface area contributed by atoms with Crippen LogP contribution in [0.25, 0.3) is 17.1 Å². The lowest BCUT2D eigenvalue weighted by molar-refractivity contribution is 0.320. The minimum Gasteiger partial charge on any atom is -0.410 e. The van der Waals surface area contributed by atoms with Crippen LogP contribution >= 0.6 is 0 Å². The highest BCUT2D eigenvalue weighted by Crippen LogP contribution is 2.19. The largest absolute Gasteiger partial charge is 0.444 e. The van der Waals surface area contributed by atoms with E-state index >= 15 is 0 Å². The smallest absolute Gasteiger partial charge is 0.410 e. The van der Waals surface area contributed by atoms with Crippen LogP contribution in [0.15, 0.2) is 63.8 Å². The number of H-pyrrole nitrogens is 1. The van der Waals surface area contributed by atoms with Crippen molar-refractivity contribution in [1.82, 2.24) is 30.4 Å². The summed E-state index contributed by atoms with van der Waals surface area (Å²) in [5, 5.41) is 17.7. The van der Waals surface area contributed by atoms with Crippen LogP contribution < -0.4 is 10.5 Å². The zero-order valence-corrected chi connectivity index (χ0v) is 12.2. The van der Waals surface area contributed by atoms with Gasteiger partial charge in [0, 0.05) is 5.56 Å². The number of hydrogen-bond donors (Lipinski definition) is 1. The molecule has 4 rings (SSSR count). The quantitative estimate of drug-likeness (QED) is 0.609. The van der Waals surface area contributed by atoms with Gasteiger partial charge in [-0.2, -0.15) is 9.90 Å². The molecule has 0 spiro atoms. The molecule has 0 aliphatic heterocycles. The van der Waals surface area contributed by atoms with Crippen molar-refractivity contribution in [2.75, 3.05) is 0 Å². The molecule has 9 heteroatoms. The first-order valence-corrected chi connectivity index (χ1v) is 6.97. The van der Waals surface area contributed by atoms with E-state index in [1.165, 1.54) is 0 Å². The molecule has 0 radical (unpaired) electrons. The molecule has 0 aliphatic carbocycles. The summed E-state index contributed by atoms with van der Waals surface area (Å²) in [6.45, 7) is 0. The molecule has 0 saturated carbocycles. The Morgan fingerprint density at radius 3 is 2.54 bits per heavy atom. The Kier molecular flexibility index (Phi) is 3.35. The van der Waals surface area contributed by atoms with Crippen LogP contribution in [-0.2, 0) is 0 Å². The Balaban J connectivity index is 1.61. The van der Waals surface area contributed by atoms with Crippen molar-refractivity contribution >= 4 is 0 Å². The summed E-state index contributed by atoms with van der Waals surface area (Å²) >= 11 is 0. The monoisotopic (exact) mass is 322 g/mol. The fourth-order valence-corrected chi connectivity index (χ4v) is 2.09. The van der Waals surface area contributed by atoms with Gasteiger partial charge in [0.05, 0.1) is 5.69 Å². The molecule has 9 nitrogen and oxygen atoms in total. The third kappa shape index (κ3) is 2.65. The minimum absolute atomic E-state index is 0.131. The van der Waals surface area contributed by atoms with E-state index < -0.39 is 5.76 Å². The van der Waals surface area contributed by atoms with Gasteiger partial charge in [-0.1, -0.05) is 23.3 Å². The van der Waals surface area contributed by atoms with Crippen molar-refractivity contribution in [3.63, 3.8) is 0 Å². The molecule has 2 aromatic carbocycles. The maximum absolute atomic E-state index is 12.0. The molecule has 0 saturated heterocycles. The van der Waals surface area contributed by atoms with Gasteiger partial charge in [0.1, 0.15) is 5.75 Å². The van der Waals surface area contributed by atoms with Gasteiger partial charge in [-0.15, -0.1) is 10.2 Å². The van der Waals surface area contributed by atoms with Crippen LogP contribution in [0.1, 0.15) is 0 Å². The number of aromatic nitrogens is 6. The molecule has 0 amide bonds. The lowest BCUT2D eigenvalue weighted by Gasteiger charge is -2.00. The predicted molar refractivity (Wildman–Crippen MR) is 81.8 cm³/mol. The molecule has 118 valence electrons. The van der Waals surface area contributed by atoms with Gasteiger partial charge in [0.15, 0.2) is 0 Å². The predicted octanol–water partition coefficient (Wildman–Crippen LogP) is 1.80. The van der Waals surface area contributed by atoms with Gasteiger partial charge in [-0.3, -0.25) is 0 Å². The SMILES string of the molecule is O=c1oc(Oc2ccccc2)nn1-c1ccc(-c2nn[nH]n2)cc1. The van der Waals surface area contributed by atoms with Crippen LogP contribution in [0, 0.1) is 0 Å². The summed E-state index contributed by atoms with van der Waals surface area (Å²) < 4.78 is 11.5. The van der Waals surface area contributed by atoms with Gasteiger partial charge in [0.2, 0.25) is 5.82 Å². The normalized spacial score (nSPS) is 10.7. The highest BCUT2D eigenvalue weighted by molar-refractivity contribution is 5.56. The molecular formula is C15H10N6O3. The number of rotatable bonds is 4. The maximum Gasteiger partial charge on any atom is 0.444 e. The number of hydrogen-bond acceptors (Lipinski definition) is 7. The molecule has 2 aromatic heterocycles. The minimum atomic E-state index is -0.645. The Morgan fingerprint density at radius 1 is 1.04 bits per heavy atom. The Morgan fingerprint density at radius 2 is 1.83 bits per heavy atom. The molecular weight excluding hydrogens is 312 g/mol. The summed E-state index contributed by atoms with van der Waals surface area (Å²) in [4.78, 5) is 12.0. The number of tetrazole rings is 1. The van der Waals surface area contributed by atoms with Crippen molar-refractivity contribution in [3.8, 4) is 28.9 Å². The van der Waals surface area contributed by atoms with Crippen LogP contribution in [-0.4, -0.2) is 30.4 Å². The topological polar surface area (TPSA) is 112 Å². The third-order valence-corrected chi connectivity index (χ3v) is 3.19. The standard InChI is InChI=1S/C15H10N6O3/c22-15-21(18-14(24-15)23-12-4-2-1-3-5-12)11-8-6-10(7-9-11)13-16-19-20-17-13/h1-9H,(H,16,17,19,20). The van der Waals surface area contributed by atoms with Crippen LogP contribution in [0.3, 0.4) is 0 Å². The van der Waals surface area contributed by atoms with Crippen molar-refractivity contribution in [2.24, 2.45) is 0 Å². The van der Waals surface area contributed by atoms with Gasteiger partial charge in [-0.25, -0.2) is 4.79 Å². The average Bonchev–Trinajstić information content (AvgIpc) is 3.26. The van der Waals surface area contributed by atoms with Crippen LogP contribution in [0.5, 0.6) is 11.8 Å². The second kappa shape index (κ2) is 5.80. The number of nitrogens with zero attached hydrogens (tertiary/aromatic N) is 5. The number of aromatic amines is 1. The zero-order valence-electron chi connectivity index (χ0n) is 12.2. The fourth-order valence-electron chi connectivity index (χ4n) is 2.09. The van der Waals surface area contributed by atoms with E-state index in [0.29, 0.717) is 17.3 Å². The average molecular weight is 322 g/mol. The van der Waals surface area contributed by atoms with E-state index in [1.807, 2.05) is 6.07 Å². The van der Waals surface area contributed by atoms with E-state index in [-0.39, 0.29) is 6.08 Å². The second-order valence-corrected chi connectivity index (χ2v) is 4.74. The Bertz CT molecular complexity index is 990. The van der Waals surface area contributed by atoms with Crippen molar-refractivity contribution in [1.29, 1.82) is 0 Å². The van der Waals surface area contributed by atoms with Crippen molar-refractivity contribution in [2.45, 2.75) is 0 Å². The van der Waals surface area contributed by atoms with Crippen LogP contribution in [0.4, 0.5) is 0 Å². The number of ether oxygens (including phenoxy) is 1. The van der Waals surface area contributed by atoms with Gasteiger partial charge in [-0.05, 0) is 41.6 Å². The zero-order chi connectivity index (χ0) is 16.4. The number of para-hydroxylation sites is 1. The molecule has 24 heavy (non-hydrogen) atoms. The Hall–Kier alpha value is -3.75. The van der Waals surface area contributed by atoms with E-state index in [9.17, 15) is 4.79 Å². The summed E-state index contributed by atoms with van der Waals surface area (Å²) in [6.07, 6.45) is -0.131. The van der Waals surface area contributed by atoms with Gasteiger partial charge < -0.3 is 9.15 Å². The highest BCUT2D eigenvalue weighted by atomic mass is 16.6. The first-order valence-electron chi connectivity index (χ1n) is 6.97. The molecule has 0 fully saturated rings. The molecule has 1 N–H and O–H groups in total. The molecule has 4 aromatic rings. The molecule has 0 bridgehead atoms. The molecule has 0 unspecified atom stereocenters. The summed E-state index contributed by atoms with van der Waals surface area (Å²) in [7, 11) is 0. The van der Waals surface area contributed by atoms with Crippen LogP contribution in [0.2, 0.25) is 0 Å². The van der Waals surface area contributed by atoms with Crippen molar-refractivity contribution < 1.29 is 9.15 Å². The van der Waals surface area contributed by atoms with E-state index in [2.05, 4.69) is 25.7 Å².